The van der Waals surface area contributed by atoms with E-state index < -0.39 is 0 Å². The molecule has 0 saturated carbocycles. The summed E-state index contributed by atoms with van der Waals surface area (Å²) in [5, 5.41) is 3.98. The molecule has 0 aliphatic carbocycles. The van der Waals surface area contributed by atoms with Crippen LogP contribution in [0.25, 0.3) is 22.5 Å². The largest absolute Gasteiger partial charge is 0.497 e. The van der Waals surface area contributed by atoms with E-state index in [0.29, 0.717) is 34.4 Å². The fourth-order valence-electron chi connectivity index (χ4n) is 3.10. The summed E-state index contributed by atoms with van der Waals surface area (Å²) in [5.74, 6) is 2.79. The molecule has 7 nitrogen and oxygen atoms in total. The summed E-state index contributed by atoms with van der Waals surface area (Å²) >= 11 is 0. The maximum atomic E-state index is 6.27. The molecule has 2 aromatic carbocycles. The average molecular weight is 370 g/mol. The van der Waals surface area contributed by atoms with Gasteiger partial charge in [0.1, 0.15) is 5.75 Å². The van der Waals surface area contributed by atoms with Crippen molar-refractivity contribution in [3.05, 3.63) is 36.0 Å². The van der Waals surface area contributed by atoms with E-state index in [1.54, 1.807) is 52.8 Å². The Labute approximate surface area is 157 Å². The van der Waals surface area contributed by atoms with Gasteiger partial charge in [-0.3, -0.25) is 0 Å². The lowest BCUT2D eigenvalue weighted by atomic mass is 9.96. The molecular formula is C20H22N2O5. The lowest BCUT2D eigenvalue weighted by Crippen LogP contribution is -1.97. The monoisotopic (exact) mass is 370 g/mol. The van der Waals surface area contributed by atoms with Crippen molar-refractivity contribution in [3.63, 3.8) is 0 Å². The van der Waals surface area contributed by atoms with Gasteiger partial charge in [-0.1, -0.05) is 5.16 Å². The fraction of sp³-hybridized carbons (Fsp3) is 0.250. The minimum absolute atomic E-state index is 0.505. The van der Waals surface area contributed by atoms with E-state index in [2.05, 4.69) is 5.16 Å². The predicted octanol–water partition coefficient (Wildman–Crippen LogP) is 3.93. The van der Waals surface area contributed by atoms with Crippen molar-refractivity contribution < 1.29 is 23.5 Å². The average Bonchev–Trinajstić information content (AvgIpc) is 3.15. The molecule has 0 bridgehead atoms. The first-order valence-corrected chi connectivity index (χ1v) is 8.23. The van der Waals surface area contributed by atoms with Gasteiger partial charge in [-0.2, -0.15) is 0 Å². The Morgan fingerprint density at radius 1 is 0.889 bits per heavy atom. The van der Waals surface area contributed by atoms with Crippen LogP contribution in [0.15, 0.2) is 35.0 Å². The van der Waals surface area contributed by atoms with Gasteiger partial charge in [-0.15, -0.1) is 0 Å². The summed E-state index contributed by atoms with van der Waals surface area (Å²) in [7, 11) is 6.29. The van der Waals surface area contributed by atoms with E-state index >= 15 is 0 Å². The molecule has 0 aliphatic rings. The quantitative estimate of drug-likeness (QED) is 0.658. The summed E-state index contributed by atoms with van der Waals surface area (Å²) in [6.45, 7) is 1.96. The van der Waals surface area contributed by atoms with Gasteiger partial charge >= 0.3 is 0 Å². The van der Waals surface area contributed by atoms with Crippen molar-refractivity contribution in [1.29, 1.82) is 0 Å². The number of aryl methyl sites for hydroxylation is 1. The molecule has 0 aliphatic heterocycles. The number of anilines is 1. The van der Waals surface area contributed by atoms with Crippen LogP contribution in [-0.2, 0) is 0 Å². The highest BCUT2D eigenvalue weighted by molar-refractivity contribution is 5.88. The second-order valence-electron chi connectivity index (χ2n) is 5.89. The van der Waals surface area contributed by atoms with E-state index in [9.17, 15) is 0 Å². The number of rotatable bonds is 6. The van der Waals surface area contributed by atoms with Crippen LogP contribution in [0, 0.1) is 6.92 Å². The molecule has 142 valence electrons. The third kappa shape index (κ3) is 3.23. The van der Waals surface area contributed by atoms with Gasteiger partial charge in [-0.25, -0.2) is 0 Å². The van der Waals surface area contributed by atoms with E-state index in [0.717, 1.165) is 22.3 Å². The number of hydrogen-bond acceptors (Lipinski definition) is 7. The van der Waals surface area contributed by atoms with Crippen molar-refractivity contribution in [2.75, 3.05) is 34.2 Å². The smallest absolute Gasteiger partial charge is 0.203 e. The first-order valence-electron chi connectivity index (χ1n) is 8.23. The zero-order chi connectivity index (χ0) is 19.6. The van der Waals surface area contributed by atoms with E-state index in [-0.39, 0.29) is 0 Å². The van der Waals surface area contributed by atoms with E-state index in [1.807, 2.05) is 13.0 Å². The van der Waals surface area contributed by atoms with E-state index in [4.69, 9.17) is 29.2 Å². The highest BCUT2D eigenvalue weighted by Gasteiger charge is 2.21. The second-order valence-corrected chi connectivity index (χ2v) is 5.89. The third-order valence-corrected chi connectivity index (χ3v) is 4.34. The van der Waals surface area contributed by atoms with Gasteiger partial charge in [0.15, 0.2) is 17.3 Å². The number of nitrogens with two attached hydrogens (primary N) is 1. The van der Waals surface area contributed by atoms with Crippen molar-refractivity contribution in [2.45, 2.75) is 6.92 Å². The topological polar surface area (TPSA) is 89.0 Å². The standard InChI is InChI=1S/C20H22N2O5/c1-11-6-13(23-2)9-15(21)18(11)14-10-22-27-19(14)12-7-16(24-3)20(26-5)17(8-12)25-4/h6-10H,21H2,1-5H3. The van der Waals surface area contributed by atoms with Crippen LogP contribution in [0.2, 0.25) is 0 Å². The van der Waals surface area contributed by atoms with Crippen LogP contribution >= 0.6 is 0 Å². The number of benzene rings is 2. The highest BCUT2D eigenvalue weighted by Crippen LogP contribution is 2.44. The van der Waals surface area contributed by atoms with Crippen molar-refractivity contribution in [1.82, 2.24) is 5.16 Å². The Hall–Kier alpha value is -3.35. The van der Waals surface area contributed by atoms with Gasteiger partial charge in [0.2, 0.25) is 5.75 Å². The first kappa shape index (κ1) is 18.4. The number of nitrogen functional groups attached to an aromatic ring is 1. The molecule has 0 radical (unpaired) electrons. The summed E-state index contributed by atoms with van der Waals surface area (Å²) in [4.78, 5) is 0. The molecule has 2 N–H and O–H groups in total. The van der Waals surface area contributed by atoms with Gasteiger partial charge in [0.05, 0.1) is 40.2 Å². The predicted molar refractivity (Wildman–Crippen MR) is 103 cm³/mol. The molecule has 27 heavy (non-hydrogen) atoms. The molecule has 0 saturated heterocycles. The molecule has 0 atom stereocenters. The molecule has 0 fully saturated rings. The molecule has 0 amide bonds. The molecule has 7 heteroatoms. The number of hydrogen-bond donors (Lipinski definition) is 1. The fourth-order valence-corrected chi connectivity index (χ4v) is 3.10. The zero-order valence-corrected chi connectivity index (χ0v) is 16.0. The third-order valence-electron chi connectivity index (χ3n) is 4.34. The van der Waals surface area contributed by atoms with E-state index in [1.165, 1.54) is 0 Å². The van der Waals surface area contributed by atoms with Crippen LogP contribution in [0.3, 0.4) is 0 Å². The molecule has 1 aromatic heterocycles. The number of ether oxygens (including phenoxy) is 4. The first-order chi connectivity index (χ1) is 13.0. The molecule has 0 unspecified atom stereocenters. The van der Waals surface area contributed by atoms with Crippen LogP contribution < -0.4 is 24.7 Å². The molecule has 1 heterocycles. The number of aromatic nitrogens is 1. The minimum Gasteiger partial charge on any atom is -0.497 e. The molecule has 3 aromatic rings. The molecular weight excluding hydrogens is 348 g/mol. The Morgan fingerprint density at radius 3 is 2.07 bits per heavy atom. The highest BCUT2D eigenvalue weighted by atomic mass is 16.5. The SMILES string of the molecule is COc1cc(C)c(-c2cnoc2-c2cc(OC)c(OC)c(OC)c2)c(N)c1. The lowest BCUT2D eigenvalue weighted by Gasteiger charge is -2.14. The number of methoxy groups -OCH3 is 4. The maximum Gasteiger partial charge on any atom is 0.203 e. The minimum atomic E-state index is 0.505. The van der Waals surface area contributed by atoms with Gasteiger partial charge in [-0.05, 0) is 30.7 Å². The van der Waals surface area contributed by atoms with Crippen LogP contribution in [0.5, 0.6) is 23.0 Å². The number of nitrogens with zero attached hydrogens (tertiary/aromatic N) is 1. The van der Waals surface area contributed by atoms with Gasteiger partial charge in [0.25, 0.3) is 0 Å². The normalized spacial score (nSPS) is 10.6. The van der Waals surface area contributed by atoms with Crippen molar-refractivity contribution in [3.8, 4) is 45.4 Å². The lowest BCUT2D eigenvalue weighted by molar-refractivity contribution is 0.324. The van der Waals surface area contributed by atoms with Crippen molar-refractivity contribution >= 4 is 5.69 Å². The molecule has 3 rings (SSSR count). The second kappa shape index (κ2) is 7.49. The van der Waals surface area contributed by atoms with Crippen LogP contribution in [-0.4, -0.2) is 33.6 Å². The zero-order valence-electron chi connectivity index (χ0n) is 16.0. The Balaban J connectivity index is 2.20. The Kier molecular flexibility index (Phi) is 5.12. The van der Waals surface area contributed by atoms with Crippen LogP contribution in [0.4, 0.5) is 5.69 Å². The van der Waals surface area contributed by atoms with Crippen molar-refractivity contribution in [2.24, 2.45) is 0 Å². The summed E-state index contributed by atoms with van der Waals surface area (Å²) in [5.41, 5.74) is 10.1. The maximum absolute atomic E-state index is 6.27. The summed E-state index contributed by atoms with van der Waals surface area (Å²) < 4.78 is 27.1. The van der Waals surface area contributed by atoms with Crippen LogP contribution in [0.1, 0.15) is 5.56 Å². The molecule has 0 spiro atoms. The van der Waals surface area contributed by atoms with Gasteiger partial charge < -0.3 is 29.2 Å². The van der Waals surface area contributed by atoms with Gasteiger partial charge in [0, 0.05) is 22.9 Å². The summed E-state index contributed by atoms with van der Waals surface area (Å²) in [6.07, 6.45) is 1.64. The Bertz CT molecular complexity index is 917. The Morgan fingerprint density at radius 2 is 1.56 bits per heavy atom. The summed E-state index contributed by atoms with van der Waals surface area (Å²) in [6, 6.07) is 7.30.